The highest BCUT2D eigenvalue weighted by Gasteiger charge is 2.31. The maximum Gasteiger partial charge on any atom is 0.264 e. The molecule has 9 heteroatoms. The molecule has 170 valence electrons. The molecule has 0 radical (unpaired) electrons. The number of amides is 1. The van der Waals surface area contributed by atoms with Crippen molar-refractivity contribution in [3.8, 4) is 0 Å². The summed E-state index contributed by atoms with van der Waals surface area (Å²) in [5.74, 6) is 0.435. The van der Waals surface area contributed by atoms with Crippen molar-refractivity contribution in [1.29, 1.82) is 0 Å². The number of ether oxygens (including phenoxy) is 1. The minimum absolute atomic E-state index is 0.0904. The molecule has 3 aromatic rings. The summed E-state index contributed by atoms with van der Waals surface area (Å²) in [6.45, 7) is 3.28. The van der Waals surface area contributed by atoms with Crippen LogP contribution in [-0.2, 0) is 21.2 Å². The molecule has 1 aromatic heterocycles. The second-order valence-corrected chi connectivity index (χ2v) is 9.80. The average Bonchev–Trinajstić information content (AvgIpc) is 3.30. The van der Waals surface area contributed by atoms with E-state index in [1.165, 1.54) is 16.4 Å². The van der Waals surface area contributed by atoms with Crippen LogP contribution >= 0.6 is 0 Å². The van der Waals surface area contributed by atoms with Gasteiger partial charge in [-0.2, -0.15) is 0 Å². The Morgan fingerprint density at radius 3 is 2.58 bits per heavy atom. The number of hydrogen-bond donors (Lipinski definition) is 1. The number of pyridine rings is 1. The first kappa shape index (κ1) is 21.4. The Kier molecular flexibility index (Phi) is 5.74. The van der Waals surface area contributed by atoms with E-state index < -0.39 is 15.9 Å². The van der Waals surface area contributed by atoms with Crippen LogP contribution in [0, 0.1) is 0 Å². The van der Waals surface area contributed by atoms with Gasteiger partial charge in [-0.05, 0) is 48.4 Å². The van der Waals surface area contributed by atoms with Crippen LogP contribution in [0.3, 0.4) is 0 Å². The summed E-state index contributed by atoms with van der Waals surface area (Å²) in [5.41, 5.74) is 2.50. The monoisotopic (exact) mass is 464 g/mol. The number of carbonyl (C=O) groups excluding carboxylic acids is 1. The number of benzene rings is 2. The van der Waals surface area contributed by atoms with Gasteiger partial charge in [-0.1, -0.05) is 24.3 Å². The minimum atomic E-state index is -3.77. The van der Waals surface area contributed by atoms with Gasteiger partial charge in [-0.25, -0.2) is 13.4 Å². The van der Waals surface area contributed by atoms with Gasteiger partial charge in [0.1, 0.15) is 5.82 Å². The number of nitrogens with one attached hydrogen (secondary N) is 1. The Bertz CT molecular complexity index is 1270. The second kappa shape index (κ2) is 8.84. The van der Waals surface area contributed by atoms with Crippen molar-refractivity contribution in [1.82, 2.24) is 4.98 Å². The molecule has 1 amide bonds. The number of morpholine rings is 1. The van der Waals surface area contributed by atoms with Crippen molar-refractivity contribution < 1.29 is 17.9 Å². The highest BCUT2D eigenvalue weighted by Crippen LogP contribution is 2.32. The first-order chi connectivity index (χ1) is 16.0. The topological polar surface area (TPSA) is 91.8 Å². The third-order valence-corrected chi connectivity index (χ3v) is 7.68. The fourth-order valence-electron chi connectivity index (χ4n) is 4.13. The highest BCUT2D eigenvalue weighted by molar-refractivity contribution is 7.92. The number of sulfonamides is 1. The fraction of sp³-hybridized carbons (Fsp3) is 0.250. The molecule has 2 aliphatic rings. The van der Waals surface area contributed by atoms with E-state index in [4.69, 9.17) is 4.74 Å². The maximum absolute atomic E-state index is 13.3. The molecule has 5 rings (SSSR count). The normalized spacial score (nSPS) is 15.9. The van der Waals surface area contributed by atoms with Gasteiger partial charge in [0.05, 0.1) is 35.7 Å². The van der Waals surface area contributed by atoms with Crippen LogP contribution in [0.5, 0.6) is 0 Å². The highest BCUT2D eigenvalue weighted by atomic mass is 32.2. The molecule has 0 atom stereocenters. The van der Waals surface area contributed by atoms with Gasteiger partial charge >= 0.3 is 0 Å². The van der Waals surface area contributed by atoms with Crippen LogP contribution in [0.1, 0.15) is 15.9 Å². The summed E-state index contributed by atoms with van der Waals surface area (Å²) >= 11 is 0. The van der Waals surface area contributed by atoms with Gasteiger partial charge < -0.3 is 15.0 Å². The average molecular weight is 465 g/mol. The number of fused-ring (bicyclic) bond motifs is 1. The fourth-order valence-corrected chi connectivity index (χ4v) is 5.68. The zero-order valence-electron chi connectivity index (χ0n) is 18.0. The number of anilines is 3. The molecule has 1 saturated heterocycles. The van der Waals surface area contributed by atoms with Crippen LogP contribution in [0.2, 0.25) is 0 Å². The molecule has 1 fully saturated rings. The number of carbonyl (C=O) groups is 1. The van der Waals surface area contributed by atoms with Crippen molar-refractivity contribution in [3.05, 3.63) is 78.0 Å². The molecule has 2 aliphatic heterocycles. The van der Waals surface area contributed by atoms with Crippen molar-refractivity contribution >= 4 is 33.1 Å². The molecule has 2 aromatic carbocycles. The lowest BCUT2D eigenvalue weighted by atomic mass is 10.2. The Morgan fingerprint density at radius 2 is 1.79 bits per heavy atom. The Balaban J connectivity index is 1.32. The Morgan fingerprint density at radius 1 is 0.970 bits per heavy atom. The van der Waals surface area contributed by atoms with E-state index in [-0.39, 0.29) is 10.5 Å². The van der Waals surface area contributed by atoms with E-state index >= 15 is 0 Å². The number of para-hydroxylation sites is 1. The molecule has 8 nitrogen and oxygen atoms in total. The first-order valence-corrected chi connectivity index (χ1v) is 12.3. The predicted molar refractivity (Wildman–Crippen MR) is 126 cm³/mol. The van der Waals surface area contributed by atoms with Crippen LogP contribution in [-0.4, -0.2) is 52.2 Å². The van der Waals surface area contributed by atoms with Gasteiger partial charge in [-0.3, -0.25) is 9.10 Å². The van der Waals surface area contributed by atoms with Crippen LogP contribution in [0.15, 0.2) is 71.8 Å². The van der Waals surface area contributed by atoms with Gasteiger partial charge in [0.2, 0.25) is 0 Å². The molecule has 0 spiro atoms. The van der Waals surface area contributed by atoms with E-state index in [1.807, 2.05) is 30.3 Å². The van der Waals surface area contributed by atoms with Crippen molar-refractivity contribution in [2.45, 2.75) is 11.3 Å². The lowest BCUT2D eigenvalue weighted by Crippen LogP contribution is -2.36. The number of hydrogen-bond acceptors (Lipinski definition) is 6. The van der Waals surface area contributed by atoms with E-state index in [2.05, 4.69) is 15.2 Å². The molecule has 1 N–H and O–H groups in total. The number of aromatic nitrogens is 1. The first-order valence-electron chi connectivity index (χ1n) is 10.8. The summed E-state index contributed by atoms with van der Waals surface area (Å²) in [5, 5.41) is 2.80. The van der Waals surface area contributed by atoms with E-state index in [9.17, 15) is 13.2 Å². The third kappa shape index (κ3) is 4.29. The number of rotatable bonds is 5. The summed E-state index contributed by atoms with van der Waals surface area (Å²) in [6.07, 6.45) is 2.27. The number of nitrogens with zero attached hydrogens (tertiary/aromatic N) is 3. The van der Waals surface area contributed by atoms with Gasteiger partial charge in [-0.15, -0.1) is 0 Å². The van der Waals surface area contributed by atoms with E-state index in [1.54, 1.807) is 24.4 Å². The SMILES string of the molecule is O=C(Nc1ccc(N2CCOCC2)nc1)c1cccc(S(=O)(=O)N2CCc3ccccc32)c1. The quantitative estimate of drug-likeness (QED) is 0.624. The molecule has 0 aliphatic carbocycles. The summed E-state index contributed by atoms with van der Waals surface area (Å²) in [6, 6.07) is 17.2. The third-order valence-electron chi connectivity index (χ3n) is 5.87. The van der Waals surface area contributed by atoms with Gasteiger partial charge in [0, 0.05) is 25.2 Å². The van der Waals surface area contributed by atoms with Crippen LogP contribution in [0.25, 0.3) is 0 Å². The lowest BCUT2D eigenvalue weighted by molar-refractivity contribution is 0.102. The van der Waals surface area contributed by atoms with E-state index in [0.717, 1.165) is 24.5 Å². The molecule has 0 saturated carbocycles. The maximum atomic E-state index is 13.3. The molecule has 33 heavy (non-hydrogen) atoms. The van der Waals surface area contributed by atoms with E-state index in [0.29, 0.717) is 37.6 Å². The van der Waals surface area contributed by atoms with Crippen molar-refractivity contribution in [3.63, 3.8) is 0 Å². The Hall–Kier alpha value is -3.43. The minimum Gasteiger partial charge on any atom is -0.378 e. The smallest absolute Gasteiger partial charge is 0.264 e. The Labute approximate surface area is 192 Å². The standard InChI is InChI=1S/C24H24N4O4S/c29-24(26-20-8-9-23(25-17-20)27-12-14-32-15-13-27)19-5-3-6-21(16-19)33(30,31)28-11-10-18-4-1-2-7-22(18)28/h1-9,16-17H,10-15H2,(H,26,29). The predicted octanol–water partition coefficient (Wildman–Crippen LogP) is 2.92. The zero-order chi connectivity index (χ0) is 22.8. The summed E-state index contributed by atoms with van der Waals surface area (Å²) < 4.78 is 33.3. The zero-order valence-corrected chi connectivity index (χ0v) is 18.8. The van der Waals surface area contributed by atoms with Gasteiger partial charge in [0.25, 0.3) is 15.9 Å². The van der Waals surface area contributed by atoms with Crippen molar-refractivity contribution in [2.24, 2.45) is 0 Å². The van der Waals surface area contributed by atoms with Crippen LogP contribution < -0.4 is 14.5 Å². The second-order valence-electron chi connectivity index (χ2n) is 7.94. The molecule has 0 bridgehead atoms. The molecular formula is C24H24N4O4S. The van der Waals surface area contributed by atoms with Crippen LogP contribution in [0.4, 0.5) is 17.2 Å². The molecule has 0 unspecified atom stereocenters. The van der Waals surface area contributed by atoms with Gasteiger partial charge in [0.15, 0.2) is 0 Å². The summed E-state index contributed by atoms with van der Waals surface area (Å²) in [4.78, 5) is 19.5. The van der Waals surface area contributed by atoms with Crippen molar-refractivity contribution in [2.75, 3.05) is 47.4 Å². The largest absolute Gasteiger partial charge is 0.378 e. The lowest BCUT2D eigenvalue weighted by Gasteiger charge is -2.27. The summed E-state index contributed by atoms with van der Waals surface area (Å²) in [7, 11) is -3.77. The molecular weight excluding hydrogens is 440 g/mol. The molecule has 3 heterocycles.